The summed E-state index contributed by atoms with van der Waals surface area (Å²) in [6.07, 6.45) is 2.09. The molecule has 1 atom stereocenters. The Hall–Kier alpha value is -1.52. The second-order valence-corrected chi connectivity index (χ2v) is 6.54. The molecule has 0 saturated carbocycles. The maximum Gasteiger partial charge on any atom is 0.410 e. The number of ether oxygens (including phenoxy) is 1. The van der Waals surface area contributed by atoms with E-state index in [0.717, 1.165) is 12.0 Å². The van der Waals surface area contributed by atoms with E-state index in [0.29, 0.717) is 13.1 Å². The van der Waals surface area contributed by atoms with E-state index in [1.165, 1.54) is 0 Å². The molecule has 2 amide bonds. The predicted octanol–water partition coefficient (Wildman–Crippen LogP) is 2.42. The molecule has 1 aliphatic heterocycles. The Kier molecular flexibility index (Phi) is 5.20. The van der Waals surface area contributed by atoms with E-state index in [1.54, 1.807) is 22.9 Å². The highest BCUT2D eigenvalue weighted by Gasteiger charge is 2.32. The van der Waals surface area contributed by atoms with Crippen LogP contribution in [0.1, 0.15) is 41.0 Å². The van der Waals surface area contributed by atoms with Crippen LogP contribution in [0.2, 0.25) is 0 Å². The average molecular weight is 282 g/mol. The van der Waals surface area contributed by atoms with E-state index < -0.39 is 5.60 Å². The molecule has 1 fully saturated rings. The van der Waals surface area contributed by atoms with Crippen molar-refractivity contribution in [3.8, 4) is 0 Å². The molecule has 20 heavy (non-hydrogen) atoms. The van der Waals surface area contributed by atoms with Crippen LogP contribution in [0.4, 0.5) is 4.79 Å². The van der Waals surface area contributed by atoms with Crippen molar-refractivity contribution in [1.29, 1.82) is 0 Å². The van der Waals surface area contributed by atoms with Gasteiger partial charge in [-0.2, -0.15) is 0 Å². The minimum absolute atomic E-state index is 0.0186. The van der Waals surface area contributed by atoms with Crippen LogP contribution in [0.5, 0.6) is 0 Å². The Labute approximate surface area is 121 Å². The van der Waals surface area contributed by atoms with Crippen LogP contribution in [0, 0.1) is 0 Å². The van der Waals surface area contributed by atoms with Crippen LogP contribution in [-0.4, -0.2) is 53.6 Å². The van der Waals surface area contributed by atoms with Gasteiger partial charge in [0.05, 0.1) is 6.04 Å². The summed E-state index contributed by atoms with van der Waals surface area (Å²) in [5.41, 5.74) is 0.487. The maximum absolute atomic E-state index is 12.0. The number of likely N-dealkylation sites (N-methyl/N-ethyl adjacent to an activating group) is 1. The SMILES string of the molecule is CC(C)=CC(=O)N1CCC(N(C)C(=O)OC(C)(C)C)C1. The van der Waals surface area contributed by atoms with E-state index in [-0.39, 0.29) is 18.0 Å². The molecule has 0 spiro atoms. The van der Waals surface area contributed by atoms with Crippen LogP contribution >= 0.6 is 0 Å². The van der Waals surface area contributed by atoms with Gasteiger partial charge >= 0.3 is 6.09 Å². The number of hydrogen-bond donors (Lipinski definition) is 0. The molecule has 114 valence electrons. The normalized spacial score (nSPS) is 18.7. The molecule has 0 aromatic heterocycles. The molecule has 0 bridgehead atoms. The highest BCUT2D eigenvalue weighted by molar-refractivity contribution is 5.88. The second-order valence-electron chi connectivity index (χ2n) is 6.54. The summed E-state index contributed by atoms with van der Waals surface area (Å²) in [5.74, 6) is 0.0186. The summed E-state index contributed by atoms with van der Waals surface area (Å²) in [6.45, 7) is 10.6. The summed E-state index contributed by atoms with van der Waals surface area (Å²) >= 11 is 0. The standard InChI is InChI=1S/C15H26N2O3/c1-11(2)9-13(18)17-8-7-12(10-17)16(6)14(19)20-15(3,4)5/h9,12H,7-8,10H2,1-6H3. The summed E-state index contributed by atoms with van der Waals surface area (Å²) in [4.78, 5) is 27.3. The van der Waals surface area contributed by atoms with Crippen molar-refractivity contribution in [2.45, 2.75) is 52.7 Å². The Balaban J connectivity index is 2.57. The minimum Gasteiger partial charge on any atom is -0.444 e. The molecule has 1 unspecified atom stereocenters. The third-order valence-electron chi connectivity index (χ3n) is 3.12. The molecule has 0 aromatic carbocycles. The number of amides is 2. The van der Waals surface area contributed by atoms with Gasteiger partial charge in [0.15, 0.2) is 0 Å². The van der Waals surface area contributed by atoms with Gasteiger partial charge in [-0.1, -0.05) is 5.57 Å². The van der Waals surface area contributed by atoms with Crippen LogP contribution in [-0.2, 0) is 9.53 Å². The van der Waals surface area contributed by atoms with Crippen molar-refractivity contribution in [2.24, 2.45) is 0 Å². The molecule has 1 aliphatic rings. The molecule has 1 rings (SSSR count). The van der Waals surface area contributed by atoms with Gasteiger partial charge in [0.2, 0.25) is 5.91 Å². The Morgan fingerprint density at radius 1 is 1.30 bits per heavy atom. The summed E-state index contributed by atoms with van der Waals surface area (Å²) < 4.78 is 5.34. The van der Waals surface area contributed by atoms with Gasteiger partial charge in [0.25, 0.3) is 0 Å². The van der Waals surface area contributed by atoms with Crippen LogP contribution in [0.25, 0.3) is 0 Å². The van der Waals surface area contributed by atoms with E-state index in [4.69, 9.17) is 4.74 Å². The molecule has 1 heterocycles. The number of carbonyl (C=O) groups excluding carboxylic acids is 2. The Morgan fingerprint density at radius 2 is 1.90 bits per heavy atom. The van der Waals surface area contributed by atoms with Gasteiger partial charge < -0.3 is 14.5 Å². The van der Waals surface area contributed by atoms with Crippen molar-refractivity contribution >= 4 is 12.0 Å². The lowest BCUT2D eigenvalue weighted by molar-refractivity contribution is -0.125. The third-order valence-corrected chi connectivity index (χ3v) is 3.12. The Bertz CT molecular complexity index is 406. The number of nitrogens with zero attached hydrogens (tertiary/aromatic N) is 2. The molecule has 0 N–H and O–H groups in total. The zero-order chi connectivity index (χ0) is 15.5. The lowest BCUT2D eigenvalue weighted by Gasteiger charge is -2.28. The topological polar surface area (TPSA) is 49.9 Å². The molecule has 0 aliphatic carbocycles. The first-order valence-corrected chi connectivity index (χ1v) is 7.00. The van der Waals surface area contributed by atoms with E-state index in [2.05, 4.69) is 0 Å². The quantitative estimate of drug-likeness (QED) is 0.731. The molecular weight excluding hydrogens is 256 g/mol. The number of carbonyl (C=O) groups is 2. The van der Waals surface area contributed by atoms with E-state index in [9.17, 15) is 9.59 Å². The maximum atomic E-state index is 12.0. The van der Waals surface area contributed by atoms with Crippen molar-refractivity contribution in [3.05, 3.63) is 11.6 Å². The first-order chi connectivity index (χ1) is 9.10. The monoisotopic (exact) mass is 282 g/mol. The van der Waals surface area contributed by atoms with Gasteiger partial charge in [-0.3, -0.25) is 4.79 Å². The smallest absolute Gasteiger partial charge is 0.410 e. The number of rotatable bonds is 2. The Morgan fingerprint density at radius 3 is 2.40 bits per heavy atom. The van der Waals surface area contributed by atoms with Crippen LogP contribution in [0.3, 0.4) is 0 Å². The average Bonchev–Trinajstić information content (AvgIpc) is 2.73. The fourth-order valence-electron chi connectivity index (χ4n) is 2.08. The van der Waals surface area contributed by atoms with Gasteiger partial charge in [-0.05, 0) is 41.0 Å². The molecule has 0 radical (unpaired) electrons. The van der Waals surface area contributed by atoms with Crippen molar-refractivity contribution in [2.75, 3.05) is 20.1 Å². The lowest BCUT2D eigenvalue weighted by Crippen LogP contribution is -2.42. The van der Waals surface area contributed by atoms with Crippen LogP contribution < -0.4 is 0 Å². The first kappa shape index (κ1) is 16.5. The fourth-order valence-corrected chi connectivity index (χ4v) is 2.08. The van der Waals surface area contributed by atoms with E-state index in [1.807, 2.05) is 34.6 Å². The number of allylic oxidation sites excluding steroid dienone is 1. The molecule has 5 heteroatoms. The van der Waals surface area contributed by atoms with E-state index >= 15 is 0 Å². The van der Waals surface area contributed by atoms with Crippen LogP contribution in [0.15, 0.2) is 11.6 Å². The van der Waals surface area contributed by atoms with Gasteiger partial charge in [-0.15, -0.1) is 0 Å². The van der Waals surface area contributed by atoms with Crippen molar-refractivity contribution in [1.82, 2.24) is 9.80 Å². The highest BCUT2D eigenvalue weighted by atomic mass is 16.6. The molecule has 1 saturated heterocycles. The van der Waals surface area contributed by atoms with Gasteiger partial charge in [0.1, 0.15) is 5.60 Å². The fraction of sp³-hybridized carbons (Fsp3) is 0.733. The lowest BCUT2D eigenvalue weighted by atomic mass is 10.2. The third kappa shape index (κ3) is 4.87. The van der Waals surface area contributed by atoms with Crippen molar-refractivity contribution in [3.63, 3.8) is 0 Å². The summed E-state index contributed by atoms with van der Waals surface area (Å²) in [6, 6.07) is 0.0272. The molecule has 5 nitrogen and oxygen atoms in total. The zero-order valence-corrected chi connectivity index (χ0v) is 13.4. The minimum atomic E-state index is -0.498. The summed E-state index contributed by atoms with van der Waals surface area (Å²) in [5, 5.41) is 0. The number of likely N-dealkylation sites (tertiary alicyclic amines) is 1. The van der Waals surface area contributed by atoms with Gasteiger partial charge in [0, 0.05) is 26.2 Å². The zero-order valence-electron chi connectivity index (χ0n) is 13.4. The van der Waals surface area contributed by atoms with Crippen molar-refractivity contribution < 1.29 is 14.3 Å². The predicted molar refractivity (Wildman–Crippen MR) is 78.4 cm³/mol. The van der Waals surface area contributed by atoms with Gasteiger partial charge in [-0.25, -0.2) is 4.79 Å². The number of hydrogen-bond acceptors (Lipinski definition) is 3. The molecule has 0 aromatic rings. The first-order valence-electron chi connectivity index (χ1n) is 7.00. The highest BCUT2D eigenvalue weighted by Crippen LogP contribution is 2.18. The second kappa shape index (κ2) is 6.29. The molecular formula is C15H26N2O3. The largest absolute Gasteiger partial charge is 0.444 e. The summed E-state index contributed by atoms with van der Waals surface area (Å²) in [7, 11) is 1.73.